The Kier molecular flexibility index (Phi) is 4.13. The molecule has 1 atom stereocenters. The third-order valence-electron chi connectivity index (χ3n) is 3.07. The van der Waals surface area contributed by atoms with Gasteiger partial charge in [0.2, 0.25) is 0 Å². The molecule has 1 heterocycles. The predicted octanol–water partition coefficient (Wildman–Crippen LogP) is 0.765. The molecule has 0 aliphatic heterocycles. The van der Waals surface area contributed by atoms with Gasteiger partial charge in [0.1, 0.15) is 11.6 Å². The Balaban J connectivity index is 2.53. The number of carboxylic acids is 1. The highest BCUT2D eigenvalue weighted by Gasteiger charge is 2.17. The summed E-state index contributed by atoms with van der Waals surface area (Å²) in [6, 6.07) is 3.57. The molecule has 2 rings (SSSR count). The van der Waals surface area contributed by atoms with Gasteiger partial charge < -0.3 is 24.7 Å². The average Bonchev–Trinajstić information content (AvgIpc) is 2.46. The molecular formula is C14H15NO6. The summed E-state index contributed by atoms with van der Waals surface area (Å²) < 4.78 is 15.5. The lowest BCUT2D eigenvalue weighted by atomic mass is 10.1. The SMILES string of the molecule is COc1cc2cc(CC(N)C(=O)O)c(=O)oc2cc1OC. The Morgan fingerprint density at radius 2 is 1.90 bits per heavy atom. The number of ether oxygens (including phenoxy) is 2. The third kappa shape index (κ3) is 2.97. The summed E-state index contributed by atoms with van der Waals surface area (Å²) in [5.74, 6) is -0.266. The minimum atomic E-state index is -1.18. The molecule has 0 saturated heterocycles. The summed E-state index contributed by atoms with van der Waals surface area (Å²) in [4.78, 5) is 22.6. The van der Waals surface area contributed by atoms with Crippen molar-refractivity contribution in [1.82, 2.24) is 0 Å². The molecule has 3 N–H and O–H groups in total. The summed E-state index contributed by atoms with van der Waals surface area (Å²) >= 11 is 0. The molecule has 7 nitrogen and oxygen atoms in total. The van der Waals surface area contributed by atoms with Crippen molar-refractivity contribution < 1.29 is 23.8 Å². The summed E-state index contributed by atoms with van der Waals surface area (Å²) in [7, 11) is 2.96. The predicted molar refractivity (Wildman–Crippen MR) is 74.9 cm³/mol. The first kappa shape index (κ1) is 14.9. The number of carbonyl (C=O) groups is 1. The highest BCUT2D eigenvalue weighted by atomic mass is 16.5. The molecule has 0 aliphatic rings. The van der Waals surface area contributed by atoms with Crippen LogP contribution in [0.3, 0.4) is 0 Å². The second-order valence-corrected chi connectivity index (χ2v) is 4.45. The standard InChI is InChI=1S/C14H15NO6/c1-19-11-5-7-3-8(4-9(15)13(16)17)14(18)21-10(7)6-12(11)20-2/h3,5-6,9H,4,15H2,1-2H3,(H,16,17). The molecule has 112 valence electrons. The highest BCUT2D eigenvalue weighted by molar-refractivity contribution is 5.81. The van der Waals surface area contributed by atoms with Crippen LogP contribution in [0, 0.1) is 0 Å². The Hall–Kier alpha value is -2.54. The van der Waals surface area contributed by atoms with Crippen molar-refractivity contribution in [1.29, 1.82) is 0 Å². The van der Waals surface area contributed by atoms with E-state index in [0.29, 0.717) is 22.5 Å². The Morgan fingerprint density at radius 1 is 1.29 bits per heavy atom. The van der Waals surface area contributed by atoms with Crippen molar-refractivity contribution in [2.45, 2.75) is 12.5 Å². The topological polar surface area (TPSA) is 112 Å². The van der Waals surface area contributed by atoms with E-state index in [1.807, 2.05) is 0 Å². The van der Waals surface area contributed by atoms with Gasteiger partial charge in [-0.15, -0.1) is 0 Å². The van der Waals surface area contributed by atoms with Gasteiger partial charge in [0.05, 0.1) is 14.2 Å². The first-order valence-electron chi connectivity index (χ1n) is 6.13. The lowest BCUT2D eigenvalue weighted by Crippen LogP contribution is -2.33. The van der Waals surface area contributed by atoms with E-state index in [1.54, 1.807) is 12.1 Å². The number of nitrogens with two attached hydrogens (primary N) is 1. The van der Waals surface area contributed by atoms with Gasteiger partial charge in [-0.1, -0.05) is 0 Å². The molecule has 2 aromatic rings. The van der Waals surface area contributed by atoms with Crippen molar-refractivity contribution in [3.63, 3.8) is 0 Å². The second-order valence-electron chi connectivity index (χ2n) is 4.45. The van der Waals surface area contributed by atoms with Crippen LogP contribution in [0.5, 0.6) is 11.5 Å². The lowest BCUT2D eigenvalue weighted by molar-refractivity contribution is -0.138. The fraction of sp³-hybridized carbons (Fsp3) is 0.286. The van der Waals surface area contributed by atoms with Gasteiger partial charge in [0, 0.05) is 23.4 Å². The number of fused-ring (bicyclic) bond motifs is 1. The number of hydrogen-bond donors (Lipinski definition) is 2. The second kappa shape index (κ2) is 5.84. The zero-order valence-electron chi connectivity index (χ0n) is 11.6. The minimum Gasteiger partial charge on any atom is -0.493 e. The normalized spacial score (nSPS) is 12.1. The molecule has 0 bridgehead atoms. The van der Waals surface area contributed by atoms with Crippen molar-refractivity contribution in [2.75, 3.05) is 14.2 Å². The molecular weight excluding hydrogens is 278 g/mol. The number of hydrogen-bond acceptors (Lipinski definition) is 6. The fourth-order valence-corrected chi connectivity index (χ4v) is 1.96. The maximum atomic E-state index is 11.9. The number of aliphatic carboxylic acids is 1. The van der Waals surface area contributed by atoms with Crippen LogP contribution < -0.4 is 20.8 Å². The van der Waals surface area contributed by atoms with Gasteiger partial charge in [-0.25, -0.2) is 4.79 Å². The van der Waals surface area contributed by atoms with Gasteiger partial charge in [-0.05, 0) is 12.1 Å². The van der Waals surface area contributed by atoms with Crippen LogP contribution in [-0.4, -0.2) is 31.3 Å². The Morgan fingerprint density at radius 3 is 2.48 bits per heavy atom. The molecule has 1 unspecified atom stereocenters. The maximum absolute atomic E-state index is 11.9. The molecule has 0 radical (unpaired) electrons. The van der Waals surface area contributed by atoms with Crippen LogP contribution in [0.4, 0.5) is 0 Å². The van der Waals surface area contributed by atoms with Gasteiger partial charge in [0.25, 0.3) is 0 Å². The van der Waals surface area contributed by atoms with E-state index in [4.69, 9.17) is 24.7 Å². The summed E-state index contributed by atoms with van der Waals surface area (Å²) in [6.07, 6.45) is -0.109. The smallest absolute Gasteiger partial charge is 0.339 e. The number of carboxylic acid groups (broad SMARTS) is 1. The number of rotatable bonds is 5. The molecule has 1 aromatic carbocycles. The van der Waals surface area contributed by atoms with E-state index < -0.39 is 17.6 Å². The van der Waals surface area contributed by atoms with Gasteiger partial charge in [0.15, 0.2) is 11.5 Å². The number of methoxy groups -OCH3 is 2. The van der Waals surface area contributed by atoms with Crippen LogP contribution in [0.15, 0.2) is 27.4 Å². The van der Waals surface area contributed by atoms with Crippen LogP contribution in [-0.2, 0) is 11.2 Å². The van der Waals surface area contributed by atoms with E-state index in [0.717, 1.165) is 0 Å². The van der Waals surface area contributed by atoms with Crippen LogP contribution >= 0.6 is 0 Å². The largest absolute Gasteiger partial charge is 0.493 e. The van der Waals surface area contributed by atoms with Crippen molar-refractivity contribution in [3.8, 4) is 11.5 Å². The fourth-order valence-electron chi connectivity index (χ4n) is 1.96. The van der Waals surface area contributed by atoms with E-state index in [9.17, 15) is 9.59 Å². The average molecular weight is 293 g/mol. The Bertz CT molecular complexity index is 736. The molecule has 7 heteroatoms. The molecule has 0 fully saturated rings. The van der Waals surface area contributed by atoms with E-state index in [2.05, 4.69) is 0 Å². The molecule has 0 spiro atoms. The van der Waals surface area contributed by atoms with Crippen molar-refractivity contribution in [3.05, 3.63) is 34.2 Å². The maximum Gasteiger partial charge on any atom is 0.339 e. The monoisotopic (exact) mass is 293 g/mol. The quantitative estimate of drug-likeness (QED) is 0.783. The Labute approximate surface area is 119 Å². The molecule has 0 aliphatic carbocycles. The van der Waals surface area contributed by atoms with Crippen LogP contribution in [0.1, 0.15) is 5.56 Å². The van der Waals surface area contributed by atoms with Gasteiger partial charge in [-0.2, -0.15) is 0 Å². The zero-order valence-corrected chi connectivity index (χ0v) is 11.6. The van der Waals surface area contributed by atoms with E-state index >= 15 is 0 Å². The third-order valence-corrected chi connectivity index (χ3v) is 3.07. The first-order valence-corrected chi connectivity index (χ1v) is 6.13. The van der Waals surface area contributed by atoms with Gasteiger partial charge in [-0.3, -0.25) is 4.79 Å². The summed E-state index contributed by atoms with van der Waals surface area (Å²) in [5.41, 5.74) is 5.34. The van der Waals surface area contributed by atoms with Crippen LogP contribution in [0.25, 0.3) is 11.0 Å². The summed E-state index contributed by atoms with van der Waals surface area (Å²) in [5, 5.41) is 9.40. The summed E-state index contributed by atoms with van der Waals surface area (Å²) in [6.45, 7) is 0. The molecule has 0 saturated carbocycles. The lowest BCUT2D eigenvalue weighted by Gasteiger charge is -2.10. The minimum absolute atomic E-state index is 0.109. The van der Waals surface area contributed by atoms with Crippen molar-refractivity contribution in [2.24, 2.45) is 5.73 Å². The highest BCUT2D eigenvalue weighted by Crippen LogP contribution is 2.31. The molecule has 21 heavy (non-hydrogen) atoms. The van der Waals surface area contributed by atoms with Crippen molar-refractivity contribution >= 4 is 16.9 Å². The van der Waals surface area contributed by atoms with Gasteiger partial charge >= 0.3 is 11.6 Å². The van der Waals surface area contributed by atoms with Crippen LogP contribution in [0.2, 0.25) is 0 Å². The molecule has 0 amide bonds. The first-order chi connectivity index (χ1) is 9.96. The number of benzene rings is 1. The van der Waals surface area contributed by atoms with E-state index in [-0.39, 0.29) is 12.0 Å². The van der Waals surface area contributed by atoms with E-state index in [1.165, 1.54) is 20.3 Å². The molecule has 1 aromatic heterocycles. The zero-order chi connectivity index (χ0) is 15.6.